The van der Waals surface area contributed by atoms with Gasteiger partial charge in [-0.15, -0.1) is 0 Å². The van der Waals surface area contributed by atoms with Gasteiger partial charge in [0.2, 0.25) is 5.91 Å². The molecule has 4 rings (SSSR count). The van der Waals surface area contributed by atoms with E-state index in [1.165, 1.54) is 34.5 Å². The quantitative estimate of drug-likeness (QED) is 0.287. The van der Waals surface area contributed by atoms with Crippen LogP contribution in [0, 0.1) is 10.1 Å². The number of halogens is 1. The highest BCUT2D eigenvalue weighted by atomic mass is 35.5. The third kappa shape index (κ3) is 5.10. The van der Waals surface area contributed by atoms with E-state index in [4.69, 9.17) is 16.0 Å². The molecule has 1 amide bonds. The van der Waals surface area contributed by atoms with Gasteiger partial charge in [-0.1, -0.05) is 11.6 Å². The first-order valence-electron chi connectivity index (χ1n) is 9.84. The third-order valence-electron chi connectivity index (χ3n) is 4.84. The van der Waals surface area contributed by atoms with Gasteiger partial charge in [-0.05, 0) is 42.4 Å². The Labute approximate surface area is 196 Å². The van der Waals surface area contributed by atoms with Crippen LogP contribution >= 0.6 is 23.4 Å². The molecule has 0 aliphatic heterocycles. The highest BCUT2D eigenvalue weighted by Crippen LogP contribution is 2.34. The average Bonchev–Trinajstić information content (AvgIpc) is 3.31. The van der Waals surface area contributed by atoms with Crippen LogP contribution in [0.5, 0.6) is 0 Å². The number of nitrogens with one attached hydrogen (secondary N) is 1. The maximum absolute atomic E-state index is 12.6. The summed E-state index contributed by atoms with van der Waals surface area (Å²) < 4.78 is 8.33. The van der Waals surface area contributed by atoms with E-state index in [-0.39, 0.29) is 30.1 Å². The standard InChI is InChI=1S/C21H18ClN5O5S/c1-25-10-8-23-20(25)33-18-7-4-13(22)11-15(18)24-19(28)3-2-9-26-16-6-5-14(27(30)31)12-17(16)32-21(26)29/h4-8,10-12H,2-3,9H2,1H3,(H,24,28). The second-order valence-corrected chi connectivity index (χ2v) is 8.59. The minimum atomic E-state index is -0.630. The molecule has 0 atom stereocenters. The van der Waals surface area contributed by atoms with Gasteiger partial charge in [0, 0.05) is 48.4 Å². The van der Waals surface area contributed by atoms with Gasteiger partial charge >= 0.3 is 5.76 Å². The maximum Gasteiger partial charge on any atom is 0.419 e. The van der Waals surface area contributed by atoms with Gasteiger partial charge in [-0.25, -0.2) is 9.78 Å². The van der Waals surface area contributed by atoms with E-state index in [1.54, 1.807) is 18.3 Å². The normalized spacial score (nSPS) is 11.1. The van der Waals surface area contributed by atoms with Crippen LogP contribution in [0.2, 0.25) is 5.02 Å². The summed E-state index contributed by atoms with van der Waals surface area (Å²) in [5, 5.41) is 15.0. The number of amides is 1. The molecule has 0 bridgehead atoms. The van der Waals surface area contributed by atoms with Crippen LogP contribution in [0.15, 0.2) is 68.1 Å². The lowest BCUT2D eigenvalue weighted by Crippen LogP contribution is -2.17. The average molecular weight is 488 g/mol. The largest absolute Gasteiger partial charge is 0.419 e. The van der Waals surface area contributed by atoms with Crippen LogP contribution in [-0.2, 0) is 18.4 Å². The number of nitrogens with zero attached hydrogens (tertiary/aromatic N) is 4. The number of aryl methyl sites for hydroxylation is 2. The fourth-order valence-corrected chi connectivity index (χ4v) is 4.27. The second-order valence-electron chi connectivity index (χ2n) is 7.14. The molecule has 1 N–H and O–H groups in total. The number of imidazole rings is 1. The molecule has 2 aromatic carbocycles. The molecular weight excluding hydrogens is 470 g/mol. The number of aromatic nitrogens is 3. The lowest BCUT2D eigenvalue weighted by atomic mass is 10.2. The van der Waals surface area contributed by atoms with E-state index in [1.807, 2.05) is 23.9 Å². The Morgan fingerprint density at radius 3 is 2.85 bits per heavy atom. The van der Waals surface area contributed by atoms with Crippen LogP contribution in [-0.4, -0.2) is 24.9 Å². The molecule has 0 radical (unpaired) electrons. The highest BCUT2D eigenvalue weighted by Gasteiger charge is 2.15. The number of hydrogen-bond acceptors (Lipinski definition) is 7. The zero-order valence-electron chi connectivity index (χ0n) is 17.4. The van der Waals surface area contributed by atoms with Crippen LogP contribution in [0.4, 0.5) is 11.4 Å². The first-order valence-corrected chi connectivity index (χ1v) is 11.0. The lowest BCUT2D eigenvalue weighted by Gasteiger charge is -2.11. The van der Waals surface area contributed by atoms with Gasteiger partial charge in [0.25, 0.3) is 5.69 Å². The molecule has 12 heteroatoms. The van der Waals surface area contributed by atoms with E-state index < -0.39 is 10.7 Å². The Morgan fingerprint density at radius 2 is 2.12 bits per heavy atom. The summed E-state index contributed by atoms with van der Waals surface area (Å²) in [6.07, 6.45) is 4.03. The van der Waals surface area contributed by atoms with E-state index >= 15 is 0 Å². The van der Waals surface area contributed by atoms with Gasteiger partial charge in [0.1, 0.15) is 0 Å². The number of non-ortho nitro benzene ring substituents is 1. The van der Waals surface area contributed by atoms with Crippen LogP contribution in [0.3, 0.4) is 0 Å². The number of benzene rings is 2. The van der Waals surface area contributed by atoms with Crippen molar-refractivity contribution in [1.29, 1.82) is 0 Å². The number of oxazole rings is 1. The number of carbonyl (C=O) groups is 1. The number of nitro groups is 1. The smallest absolute Gasteiger partial charge is 0.407 e. The zero-order valence-corrected chi connectivity index (χ0v) is 18.9. The van der Waals surface area contributed by atoms with Crippen molar-refractivity contribution in [2.24, 2.45) is 7.05 Å². The molecule has 0 saturated carbocycles. The number of fused-ring (bicyclic) bond motifs is 1. The molecule has 2 aromatic heterocycles. The topological polar surface area (TPSA) is 125 Å². The first kappa shape index (κ1) is 22.6. The Bertz CT molecular complexity index is 1410. The number of nitro benzene ring substituents is 1. The molecule has 10 nitrogen and oxygen atoms in total. The van der Waals surface area contributed by atoms with Crippen molar-refractivity contribution in [1.82, 2.24) is 14.1 Å². The summed E-state index contributed by atoms with van der Waals surface area (Å²) in [4.78, 5) is 40.1. The molecule has 4 aromatic rings. The molecule has 0 saturated heterocycles. The Hall–Kier alpha value is -3.57. The molecule has 0 aliphatic rings. The summed E-state index contributed by atoms with van der Waals surface area (Å²) in [5.74, 6) is -0.870. The minimum absolute atomic E-state index is 0.133. The molecular formula is C21H18ClN5O5S. The van der Waals surface area contributed by atoms with Crippen LogP contribution in [0.25, 0.3) is 11.1 Å². The van der Waals surface area contributed by atoms with Crippen molar-refractivity contribution in [3.8, 4) is 0 Å². The number of carbonyl (C=O) groups excluding carboxylic acids is 1. The third-order valence-corrected chi connectivity index (χ3v) is 6.23. The van der Waals surface area contributed by atoms with Crippen molar-refractivity contribution < 1.29 is 14.1 Å². The van der Waals surface area contributed by atoms with E-state index in [2.05, 4.69) is 10.3 Å². The van der Waals surface area contributed by atoms with Crippen LogP contribution in [0.1, 0.15) is 12.8 Å². The Balaban J connectivity index is 1.42. The fraction of sp³-hybridized carbons (Fsp3) is 0.190. The van der Waals surface area contributed by atoms with Crippen molar-refractivity contribution >= 4 is 51.7 Å². The lowest BCUT2D eigenvalue weighted by molar-refractivity contribution is -0.384. The molecule has 0 unspecified atom stereocenters. The van der Waals surface area contributed by atoms with Gasteiger partial charge in [-0.2, -0.15) is 0 Å². The zero-order chi connectivity index (χ0) is 23.5. The predicted octanol–water partition coefficient (Wildman–Crippen LogP) is 4.46. The second kappa shape index (κ2) is 9.51. The highest BCUT2D eigenvalue weighted by molar-refractivity contribution is 7.99. The minimum Gasteiger partial charge on any atom is -0.407 e. The summed E-state index contributed by atoms with van der Waals surface area (Å²) >= 11 is 7.52. The molecule has 170 valence electrons. The van der Waals surface area contributed by atoms with Gasteiger partial charge in [-0.3, -0.25) is 19.5 Å². The number of rotatable bonds is 8. The SMILES string of the molecule is Cn1ccnc1Sc1ccc(Cl)cc1NC(=O)CCCn1c(=O)oc2cc([N+](=O)[O-])ccc21. The van der Waals surface area contributed by atoms with Crippen LogP contribution < -0.4 is 11.1 Å². The molecule has 2 heterocycles. The van der Waals surface area contributed by atoms with E-state index in [9.17, 15) is 19.7 Å². The predicted molar refractivity (Wildman–Crippen MR) is 124 cm³/mol. The Kier molecular flexibility index (Phi) is 6.52. The monoisotopic (exact) mass is 487 g/mol. The van der Waals surface area contributed by atoms with Gasteiger partial charge < -0.3 is 14.3 Å². The van der Waals surface area contributed by atoms with Gasteiger partial charge in [0.05, 0.1) is 22.2 Å². The first-order chi connectivity index (χ1) is 15.8. The van der Waals surface area contributed by atoms with Gasteiger partial charge in [0.15, 0.2) is 10.7 Å². The summed E-state index contributed by atoms with van der Waals surface area (Å²) in [5.41, 5.74) is 0.977. The van der Waals surface area contributed by atoms with E-state index in [0.29, 0.717) is 22.6 Å². The molecule has 0 fully saturated rings. The molecule has 0 aliphatic carbocycles. The number of hydrogen-bond donors (Lipinski definition) is 1. The summed E-state index contributed by atoms with van der Waals surface area (Å²) in [7, 11) is 1.88. The number of anilines is 1. The van der Waals surface area contributed by atoms with Crippen molar-refractivity contribution in [2.45, 2.75) is 29.4 Å². The van der Waals surface area contributed by atoms with Crippen molar-refractivity contribution in [3.05, 3.63) is 74.5 Å². The molecule has 33 heavy (non-hydrogen) atoms. The summed E-state index contributed by atoms with van der Waals surface area (Å²) in [6, 6.07) is 9.20. The maximum atomic E-state index is 12.6. The van der Waals surface area contributed by atoms with Crippen molar-refractivity contribution in [2.75, 3.05) is 5.32 Å². The Morgan fingerprint density at radius 1 is 1.30 bits per heavy atom. The molecule has 0 spiro atoms. The fourth-order valence-electron chi connectivity index (χ4n) is 3.23. The summed E-state index contributed by atoms with van der Waals surface area (Å²) in [6.45, 7) is 0.224. The van der Waals surface area contributed by atoms with E-state index in [0.717, 1.165) is 10.1 Å². The van der Waals surface area contributed by atoms with Crippen molar-refractivity contribution in [3.63, 3.8) is 0 Å².